The fourth-order valence-corrected chi connectivity index (χ4v) is 3.02. The Morgan fingerprint density at radius 2 is 1.94 bits per heavy atom. The molecule has 0 aromatic heterocycles. The predicted molar refractivity (Wildman–Crippen MR) is 69.1 cm³/mol. The lowest BCUT2D eigenvalue weighted by Crippen LogP contribution is -2.39. The molecule has 0 amide bonds. The van der Waals surface area contributed by atoms with Crippen LogP contribution in [0.2, 0.25) is 0 Å². The molecule has 17 heavy (non-hydrogen) atoms. The zero-order chi connectivity index (χ0) is 11.9. The van der Waals surface area contributed by atoms with Gasteiger partial charge in [0.05, 0.1) is 12.2 Å². The quantitative estimate of drug-likeness (QED) is 0.573. The van der Waals surface area contributed by atoms with Gasteiger partial charge in [-0.1, -0.05) is 19.3 Å². The lowest BCUT2D eigenvalue weighted by Gasteiger charge is -2.22. The fraction of sp³-hybridized carbons (Fsp3) is 1.00. The molecule has 0 radical (unpaired) electrons. The van der Waals surface area contributed by atoms with Crippen LogP contribution in [0.15, 0.2) is 0 Å². The first-order chi connectivity index (χ1) is 8.36. The van der Waals surface area contributed by atoms with Crippen molar-refractivity contribution in [1.82, 2.24) is 5.32 Å². The van der Waals surface area contributed by atoms with Gasteiger partial charge in [-0.05, 0) is 45.1 Å². The van der Waals surface area contributed by atoms with E-state index in [2.05, 4.69) is 5.32 Å². The average molecular weight is 241 g/mol. The fourth-order valence-electron chi connectivity index (χ4n) is 3.02. The molecular formula is C14H27NO2. The van der Waals surface area contributed by atoms with E-state index in [1.54, 1.807) is 0 Å². The van der Waals surface area contributed by atoms with E-state index in [0.717, 1.165) is 26.0 Å². The Kier molecular flexibility index (Phi) is 5.75. The summed E-state index contributed by atoms with van der Waals surface area (Å²) in [5.74, 6) is 0. The summed E-state index contributed by atoms with van der Waals surface area (Å²) in [4.78, 5) is 0. The van der Waals surface area contributed by atoms with Gasteiger partial charge < -0.3 is 15.2 Å². The van der Waals surface area contributed by atoms with E-state index in [9.17, 15) is 5.11 Å². The summed E-state index contributed by atoms with van der Waals surface area (Å²) >= 11 is 0. The maximum Gasteiger partial charge on any atom is 0.0693 e. The Morgan fingerprint density at radius 1 is 1.06 bits per heavy atom. The molecule has 3 unspecified atom stereocenters. The molecular weight excluding hydrogens is 214 g/mol. The maximum atomic E-state index is 9.97. The van der Waals surface area contributed by atoms with Crippen LogP contribution in [-0.2, 0) is 4.74 Å². The summed E-state index contributed by atoms with van der Waals surface area (Å²) in [5, 5.41) is 13.5. The van der Waals surface area contributed by atoms with Crippen LogP contribution < -0.4 is 5.32 Å². The standard InChI is InChI=1S/C14H27NO2/c16-14-9-3-1-2-8-13(14)15-10-4-6-12-7-5-11-17-12/h12-16H,1-11H2. The Bertz CT molecular complexity index is 204. The highest BCUT2D eigenvalue weighted by Gasteiger charge is 2.21. The van der Waals surface area contributed by atoms with Gasteiger partial charge in [0.2, 0.25) is 0 Å². The normalized spacial score (nSPS) is 34.8. The molecule has 2 aliphatic rings. The predicted octanol–water partition coefficient (Wildman–Crippen LogP) is 2.23. The van der Waals surface area contributed by atoms with Crippen molar-refractivity contribution in [3.8, 4) is 0 Å². The largest absolute Gasteiger partial charge is 0.392 e. The Labute approximate surface area is 105 Å². The number of hydrogen-bond donors (Lipinski definition) is 2. The lowest BCUT2D eigenvalue weighted by atomic mass is 10.1. The molecule has 2 fully saturated rings. The second kappa shape index (κ2) is 7.34. The highest BCUT2D eigenvalue weighted by atomic mass is 16.5. The van der Waals surface area contributed by atoms with E-state index < -0.39 is 0 Å². The third-order valence-electron chi connectivity index (χ3n) is 4.11. The summed E-state index contributed by atoms with van der Waals surface area (Å²) in [6, 6.07) is 0.335. The molecule has 1 aliphatic heterocycles. The first-order valence-corrected chi connectivity index (χ1v) is 7.39. The van der Waals surface area contributed by atoms with Crippen LogP contribution >= 0.6 is 0 Å². The molecule has 0 aromatic rings. The maximum absolute atomic E-state index is 9.97. The van der Waals surface area contributed by atoms with E-state index in [-0.39, 0.29) is 6.10 Å². The van der Waals surface area contributed by atoms with Crippen molar-refractivity contribution < 1.29 is 9.84 Å². The lowest BCUT2D eigenvalue weighted by molar-refractivity contribution is 0.0989. The van der Waals surface area contributed by atoms with E-state index >= 15 is 0 Å². The highest BCUT2D eigenvalue weighted by molar-refractivity contribution is 4.79. The van der Waals surface area contributed by atoms with Gasteiger partial charge >= 0.3 is 0 Å². The highest BCUT2D eigenvalue weighted by Crippen LogP contribution is 2.19. The van der Waals surface area contributed by atoms with Crippen molar-refractivity contribution >= 4 is 0 Å². The summed E-state index contributed by atoms with van der Waals surface area (Å²) in [6.45, 7) is 1.99. The summed E-state index contributed by atoms with van der Waals surface area (Å²) < 4.78 is 5.61. The van der Waals surface area contributed by atoms with Gasteiger partial charge in [-0.2, -0.15) is 0 Å². The van der Waals surface area contributed by atoms with Crippen molar-refractivity contribution in [2.75, 3.05) is 13.2 Å². The van der Waals surface area contributed by atoms with Gasteiger partial charge in [-0.3, -0.25) is 0 Å². The molecule has 1 aliphatic carbocycles. The number of hydrogen-bond acceptors (Lipinski definition) is 3. The first kappa shape index (κ1) is 13.3. The topological polar surface area (TPSA) is 41.5 Å². The molecule has 0 bridgehead atoms. The van der Waals surface area contributed by atoms with Crippen LogP contribution in [0.4, 0.5) is 0 Å². The van der Waals surface area contributed by atoms with E-state index in [1.807, 2.05) is 0 Å². The van der Waals surface area contributed by atoms with Crippen LogP contribution in [0.3, 0.4) is 0 Å². The van der Waals surface area contributed by atoms with Gasteiger partial charge in [0.25, 0.3) is 0 Å². The van der Waals surface area contributed by atoms with Crippen molar-refractivity contribution in [3.63, 3.8) is 0 Å². The number of rotatable bonds is 5. The Hall–Kier alpha value is -0.120. The average Bonchev–Trinajstić information content (AvgIpc) is 2.76. The Morgan fingerprint density at radius 3 is 2.76 bits per heavy atom. The van der Waals surface area contributed by atoms with Gasteiger partial charge in [0.1, 0.15) is 0 Å². The monoisotopic (exact) mass is 241 g/mol. The molecule has 0 spiro atoms. The van der Waals surface area contributed by atoms with Crippen LogP contribution in [0.1, 0.15) is 57.8 Å². The number of aliphatic hydroxyl groups is 1. The van der Waals surface area contributed by atoms with Crippen molar-refractivity contribution in [2.45, 2.75) is 76.0 Å². The zero-order valence-electron chi connectivity index (χ0n) is 10.9. The molecule has 0 aromatic carbocycles. The number of nitrogens with one attached hydrogen (secondary N) is 1. The van der Waals surface area contributed by atoms with Crippen molar-refractivity contribution in [2.24, 2.45) is 0 Å². The third-order valence-corrected chi connectivity index (χ3v) is 4.11. The molecule has 100 valence electrons. The Balaban J connectivity index is 1.56. The molecule has 1 saturated carbocycles. The molecule has 2 N–H and O–H groups in total. The zero-order valence-corrected chi connectivity index (χ0v) is 10.9. The van der Waals surface area contributed by atoms with Gasteiger partial charge in [-0.15, -0.1) is 0 Å². The molecule has 1 saturated heterocycles. The minimum Gasteiger partial charge on any atom is -0.392 e. The van der Waals surface area contributed by atoms with Crippen LogP contribution in [-0.4, -0.2) is 36.5 Å². The molecule has 3 atom stereocenters. The van der Waals surface area contributed by atoms with Gasteiger partial charge in [0.15, 0.2) is 0 Å². The minimum absolute atomic E-state index is 0.125. The number of aliphatic hydroxyl groups excluding tert-OH is 1. The van der Waals surface area contributed by atoms with Gasteiger partial charge in [0, 0.05) is 12.6 Å². The second-order valence-electron chi connectivity index (χ2n) is 5.54. The van der Waals surface area contributed by atoms with Gasteiger partial charge in [-0.25, -0.2) is 0 Å². The first-order valence-electron chi connectivity index (χ1n) is 7.39. The van der Waals surface area contributed by atoms with Crippen LogP contribution in [0.5, 0.6) is 0 Å². The minimum atomic E-state index is -0.125. The smallest absolute Gasteiger partial charge is 0.0693 e. The third kappa shape index (κ3) is 4.57. The molecule has 1 heterocycles. The number of ether oxygens (including phenoxy) is 1. The van der Waals surface area contributed by atoms with Crippen molar-refractivity contribution in [1.29, 1.82) is 0 Å². The summed E-state index contributed by atoms with van der Waals surface area (Å²) in [5.41, 5.74) is 0. The van der Waals surface area contributed by atoms with E-state index in [0.29, 0.717) is 12.1 Å². The van der Waals surface area contributed by atoms with Crippen molar-refractivity contribution in [3.05, 3.63) is 0 Å². The SMILES string of the molecule is OC1CCCCCC1NCCCC1CCCO1. The molecule has 3 heteroatoms. The molecule has 3 nitrogen and oxygen atoms in total. The molecule has 2 rings (SSSR count). The second-order valence-corrected chi connectivity index (χ2v) is 5.54. The van der Waals surface area contributed by atoms with E-state index in [1.165, 1.54) is 44.9 Å². The van der Waals surface area contributed by atoms with E-state index in [4.69, 9.17) is 4.74 Å². The van der Waals surface area contributed by atoms with Crippen LogP contribution in [0.25, 0.3) is 0 Å². The summed E-state index contributed by atoms with van der Waals surface area (Å²) in [6.07, 6.45) is 11.1. The van der Waals surface area contributed by atoms with Crippen LogP contribution in [0, 0.1) is 0 Å². The summed E-state index contributed by atoms with van der Waals surface area (Å²) in [7, 11) is 0.